The molecule has 2 bridgehead atoms. The summed E-state index contributed by atoms with van der Waals surface area (Å²) < 4.78 is 101. The van der Waals surface area contributed by atoms with E-state index in [9.17, 15) is 28.4 Å². The number of alkyl halides is 2. The Labute approximate surface area is 341 Å². The zero-order valence-corrected chi connectivity index (χ0v) is 34.0. The van der Waals surface area contributed by atoms with Gasteiger partial charge in [0.2, 0.25) is 0 Å². The lowest BCUT2D eigenvalue weighted by Gasteiger charge is -2.31. The van der Waals surface area contributed by atoms with Crippen molar-refractivity contribution in [2.24, 2.45) is 0 Å². The third-order valence-electron chi connectivity index (χ3n) is 9.42. The number of phosphoric ester groups is 1. The highest BCUT2D eigenvalue weighted by Crippen LogP contribution is 2.64. The van der Waals surface area contributed by atoms with Gasteiger partial charge in [-0.25, -0.2) is 37.9 Å². The number of carbonyl (C=O) groups excluding carboxylic acids is 1. The van der Waals surface area contributed by atoms with Gasteiger partial charge in [0.05, 0.1) is 25.1 Å². The number of aryl methyl sites for hydroxylation is 1. The van der Waals surface area contributed by atoms with Crippen molar-refractivity contribution in [1.82, 2.24) is 35.2 Å². The summed E-state index contributed by atoms with van der Waals surface area (Å²) in [4.78, 5) is 64.3. The number of fused-ring (bicyclic) bond motifs is 4. The Morgan fingerprint density at radius 1 is 0.933 bits per heavy atom. The first-order chi connectivity index (χ1) is 28.2. The maximum atomic E-state index is 16.7. The fraction of sp³-hybridized carbons (Fsp3) is 0.353. The number of H-pyrrole nitrogens is 1. The van der Waals surface area contributed by atoms with Crippen molar-refractivity contribution in [3.05, 3.63) is 111 Å². The summed E-state index contributed by atoms with van der Waals surface area (Å²) >= 11 is 0.573. The van der Waals surface area contributed by atoms with E-state index in [1.54, 1.807) is 36.4 Å². The van der Waals surface area contributed by atoms with Crippen LogP contribution in [0.15, 0.2) is 83.0 Å². The average Bonchev–Trinajstić information content (AvgIpc) is 3.86. The number of nitrogens with zero attached hydrogens (tertiary/aromatic N) is 5. The van der Waals surface area contributed by atoms with Crippen LogP contribution in [0.25, 0.3) is 11.2 Å². The molecule has 0 amide bonds. The Morgan fingerprint density at radius 3 is 2.38 bits per heavy atom. The monoisotopic (exact) mass is 896 g/mol. The summed E-state index contributed by atoms with van der Waals surface area (Å²) in [5.41, 5.74) is 5.97. The predicted octanol–water partition coefficient (Wildman–Crippen LogP) is 3.66. The third kappa shape index (κ3) is 8.99. The summed E-state index contributed by atoms with van der Waals surface area (Å²) in [6.07, 6.45) is -12.1. The second kappa shape index (κ2) is 17.3. The Balaban J connectivity index is 0.00000544. The van der Waals surface area contributed by atoms with Gasteiger partial charge in [0, 0.05) is 18.0 Å². The van der Waals surface area contributed by atoms with Crippen molar-refractivity contribution < 1.29 is 59.9 Å². The minimum Gasteiger partial charge on any atom is -0.756 e. The van der Waals surface area contributed by atoms with E-state index < -0.39 is 94.3 Å². The molecule has 320 valence electrons. The standard InChI is InChI=1S/C34H33F2N7O13P2S.H3N/c1-17-2-6-19(7-3-17)33(45)52-20-8-4-18(5-9-20)14-59-58(49)51-12-21-24(35)28(32(53-21)42-11-10-23(44)41-34(42)46)55-57(47,48)50-13-22-27(56-58)25(36)31(54-22)43-16-40-26-29(37)38-15-39-30(26)43;/h2-11,15-16,21-22,24-25,27-28,31-32H,12-14H2,1H3,(H,47,48)(H2,37,38,39)(H,41,44,46);1H3/t21-,22-,24-,25-,27-,28-,31-,32-,58?;/m1./s1. The highest BCUT2D eigenvalue weighted by Gasteiger charge is 2.54. The van der Waals surface area contributed by atoms with E-state index in [1.807, 2.05) is 11.9 Å². The number of carbonyl (C=O) groups is 1. The van der Waals surface area contributed by atoms with E-state index >= 15 is 8.78 Å². The van der Waals surface area contributed by atoms with Gasteiger partial charge >= 0.3 is 18.5 Å². The quantitative estimate of drug-likeness (QED) is 0.119. The van der Waals surface area contributed by atoms with Crippen LogP contribution in [0.5, 0.6) is 5.75 Å². The zero-order valence-electron chi connectivity index (χ0n) is 31.3. The minimum atomic E-state index is -5.55. The molecule has 0 aliphatic carbocycles. The molecular weight excluding hydrogens is 860 g/mol. The number of hydrogen-bond acceptors (Lipinski definition) is 18. The molecule has 26 heteroatoms. The molecule has 60 heavy (non-hydrogen) atoms. The van der Waals surface area contributed by atoms with E-state index in [4.69, 9.17) is 38.0 Å². The summed E-state index contributed by atoms with van der Waals surface area (Å²) in [7, 11) is -5.55. The fourth-order valence-corrected chi connectivity index (χ4v) is 10.7. The number of phosphoric acid groups is 1. The second-order valence-electron chi connectivity index (χ2n) is 13.4. The van der Waals surface area contributed by atoms with Gasteiger partial charge in [-0.05, 0) is 48.1 Å². The van der Waals surface area contributed by atoms with Gasteiger partial charge in [0.15, 0.2) is 36.3 Å². The first-order valence-corrected chi connectivity index (χ1v) is 22.2. The maximum Gasteiger partial charge on any atom is 0.389 e. The van der Waals surface area contributed by atoms with Crippen LogP contribution in [0.1, 0.15) is 33.9 Å². The van der Waals surface area contributed by atoms with Crippen molar-refractivity contribution in [1.29, 1.82) is 0 Å². The van der Waals surface area contributed by atoms with Crippen LogP contribution in [0.4, 0.5) is 14.6 Å². The van der Waals surface area contributed by atoms with Crippen molar-refractivity contribution in [3.8, 4) is 5.75 Å². The first-order valence-electron chi connectivity index (χ1n) is 17.6. The van der Waals surface area contributed by atoms with E-state index in [0.29, 0.717) is 27.1 Å². The Hall–Kier alpha value is -4.71. The fourth-order valence-electron chi connectivity index (χ4n) is 6.45. The molecule has 3 aliphatic heterocycles. The summed E-state index contributed by atoms with van der Waals surface area (Å²) in [6.45, 7) is -4.67. The van der Waals surface area contributed by atoms with Gasteiger partial charge in [-0.1, -0.05) is 29.8 Å². The molecule has 21 nitrogen and oxygen atoms in total. The molecule has 3 saturated heterocycles. The van der Waals surface area contributed by atoms with Crippen molar-refractivity contribution in [3.63, 3.8) is 0 Å². The molecule has 0 radical (unpaired) electrons. The lowest BCUT2D eigenvalue weighted by atomic mass is 10.1. The minimum absolute atomic E-state index is 0. The van der Waals surface area contributed by atoms with E-state index in [1.165, 1.54) is 12.1 Å². The molecule has 2 unspecified atom stereocenters. The number of rotatable bonds is 7. The smallest absolute Gasteiger partial charge is 0.389 e. The number of aromatic amines is 1. The van der Waals surface area contributed by atoms with Gasteiger partial charge in [0.25, 0.3) is 13.4 Å². The Morgan fingerprint density at radius 2 is 1.65 bits per heavy atom. The number of esters is 1. The molecular formula is C34H36F2N8O13P2S. The van der Waals surface area contributed by atoms with Gasteiger partial charge in [-0.2, -0.15) is 0 Å². The maximum absolute atomic E-state index is 16.7. The van der Waals surface area contributed by atoms with Crippen LogP contribution in [0.2, 0.25) is 0 Å². The molecule has 3 aromatic heterocycles. The van der Waals surface area contributed by atoms with E-state index in [-0.39, 0.29) is 34.6 Å². The van der Waals surface area contributed by atoms with Crippen LogP contribution >= 0.6 is 26.0 Å². The third-order valence-corrected chi connectivity index (χ3v) is 14.0. The summed E-state index contributed by atoms with van der Waals surface area (Å²) in [5, 5.41) is 0. The Kier molecular flexibility index (Phi) is 12.5. The molecule has 5 aromatic rings. The number of benzene rings is 2. The number of ether oxygens (including phenoxy) is 3. The number of anilines is 1. The SMILES string of the molecule is Cc1ccc(C(=O)Oc2ccc(CSP3(=O)OC[C@H]4O[C@@H](n5ccc(=O)[nH]c5=O)[C@H](OP(=O)([O-])OC[C@H]5O[C@@H](n6cnc7c(N)ncnc76)[C@H](F)[C@@H]5O3)[C@@H]4F)cc2)cc1.[NH4+]. The van der Waals surface area contributed by atoms with Crippen LogP contribution in [0.3, 0.4) is 0 Å². The molecule has 3 fully saturated rings. The van der Waals surface area contributed by atoms with Crippen molar-refractivity contribution in [2.75, 3.05) is 18.9 Å². The second-order valence-corrected chi connectivity index (χ2v) is 18.8. The molecule has 8 rings (SSSR count). The normalized spacial score (nSPS) is 30.7. The van der Waals surface area contributed by atoms with E-state index in [2.05, 4.69) is 15.0 Å². The lowest BCUT2D eigenvalue weighted by Crippen LogP contribution is -2.38. The first kappa shape index (κ1) is 43.4. The number of hydrogen-bond donors (Lipinski definition) is 3. The van der Waals surface area contributed by atoms with E-state index in [0.717, 1.165) is 35.0 Å². The number of nitrogens with one attached hydrogen (secondary N) is 1. The van der Waals surface area contributed by atoms with Crippen LogP contribution < -0.4 is 32.8 Å². The highest BCUT2D eigenvalue weighted by atomic mass is 32.7. The zero-order chi connectivity index (χ0) is 41.6. The summed E-state index contributed by atoms with van der Waals surface area (Å²) in [6, 6.07) is 13.8. The van der Waals surface area contributed by atoms with Crippen LogP contribution in [0, 0.1) is 6.92 Å². The molecule has 6 heterocycles. The molecule has 3 aliphatic rings. The predicted molar refractivity (Wildman–Crippen MR) is 205 cm³/mol. The van der Waals surface area contributed by atoms with Gasteiger partial charge < -0.3 is 40.0 Å². The number of imidazole rings is 1. The molecule has 7 N–H and O–H groups in total. The van der Waals surface area contributed by atoms with Crippen LogP contribution in [-0.4, -0.2) is 85.0 Å². The highest BCUT2D eigenvalue weighted by molar-refractivity contribution is 8.54. The summed E-state index contributed by atoms with van der Waals surface area (Å²) in [5.74, 6) is -0.529. The van der Waals surface area contributed by atoms with Crippen molar-refractivity contribution >= 4 is 49.0 Å². The number of halogens is 2. The van der Waals surface area contributed by atoms with Gasteiger partial charge in [0.1, 0.15) is 42.0 Å². The lowest BCUT2D eigenvalue weighted by molar-refractivity contribution is -0.236. The number of nitrogens with two attached hydrogens (primary N) is 1. The number of aromatic nitrogens is 6. The van der Waals surface area contributed by atoms with Gasteiger partial charge in [-0.15, -0.1) is 0 Å². The average molecular weight is 897 g/mol. The Bertz CT molecular complexity index is 2590. The largest absolute Gasteiger partial charge is 0.756 e. The molecule has 2 aromatic carbocycles. The molecule has 0 saturated carbocycles. The number of nitrogen functional groups attached to an aromatic ring is 1. The molecule has 10 atom stereocenters. The topological polar surface area (TPSA) is 300 Å². The molecule has 0 spiro atoms. The number of quaternary nitrogens is 1. The van der Waals surface area contributed by atoms with Gasteiger partial charge in [-0.3, -0.25) is 32.5 Å². The van der Waals surface area contributed by atoms with Crippen LogP contribution in [-0.2, 0) is 42.5 Å². The van der Waals surface area contributed by atoms with Crippen molar-refractivity contribution in [2.45, 2.75) is 61.9 Å².